The summed E-state index contributed by atoms with van der Waals surface area (Å²) in [7, 11) is 3.04. The molecule has 7 nitrogen and oxygen atoms in total. The first-order chi connectivity index (χ1) is 11.6. The van der Waals surface area contributed by atoms with E-state index in [-0.39, 0.29) is 18.4 Å². The maximum absolute atomic E-state index is 12.4. The number of carbonyl (C=O) groups excluding carboxylic acids is 2. The van der Waals surface area contributed by atoms with E-state index in [2.05, 4.69) is 10.6 Å². The highest BCUT2D eigenvalue weighted by atomic mass is 16.5. The molecule has 1 heterocycles. The molecule has 2 N–H and O–H groups in total. The van der Waals surface area contributed by atoms with Crippen molar-refractivity contribution in [1.82, 2.24) is 0 Å². The lowest BCUT2D eigenvalue weighted by atomic mass is 10.1. The van der Waals surface area contributed by atoms with Crippen LogP contribution in [-0.4, -0.2) is 32.6 Å². The number of anilines is 2. The minimum Gasteiger partial charge on any atom is -0.493 e. The second-order valence-corrected chi connectivity index (χ2v) is 5.07. The minimum absolute atomic E-state index is 0.0416. The third-order valence-corrected chi connectivity index (χ3v) is 3.52. The van der Waals surface area contributed by atoms with E-state index in [0.717, 1.165) is 0 Å². The van der Waals surface area contributed by atoms with Crippen LogP contribution >= 0.6 is 0 Å². The van der Waals surface area contributed by atoms with E-state index in [9.17, 15) is 9.59 Å². The molecule has 0 radical (unpaired) electrons. The van der Waals surface area contributed by atoms with Crippen molar-refractivity contribution in [2.75, 3.05) is 31.5 Å². The fraction of sp³-hybridized carbons (Fsp3) is 0.176. The van der Waals surface area contributed by atoms with Crippen molar-refractivity contribution in [3.63, 3.8) is 0 Å². The molecule has 0 saturated heterocycles. The summed E-state index contributed by atoms with van der Waals surface area (Å²) < 4.78 is 15.7. The van der Waals surface area contributed by atoms with Gasteiger partial charge in [-0.05, 0) is 30.3 Å². The van der Waals surface area contributed by atoms with Crippen molar-refractivity contribution < 1.29 is 23.8 Å². The van der Waals surface area contributed by atoms with Crippen molar-refractivity contribution in [2.45, 2.75) is 0 Å². The van der Waals surface area contributed by atoms with Crippen molar-refractivity contribution in [1.29, 1.82) is 0 Å². The average Bonchev–Trinajstić information content (AvgIpc) is 2.61. The molecule has 2 aromatic carbocycles. The van der Waals surface area contributed by atoms with Crippen LogP contribution in [0.4, 0.5) is 11.4 Å². The number of hydrogen-bond donors (Lipinski definition) is 2. The zero-order chi connectivity index (χ0) is 17.1. The maximum atomic E-state index is 12.4. The van der Waals surface area contributed by atoms with Gasteiger partial charge in [0.25, 0.3) is 11.8 Å². The Kier molecular flexibility index (Phi) is 4.24. The number of carbonyl (C=O) groups is 2. The Labute approximate surface area is 138 Å². The number of ether oxygens (including phenoxy) is 3. The molecule has 0 unspecified atom stereocenters. The summed E-state index contributed by atoms with van der Waals surface area (Å²) in [4.78, 5) is 23.6. The van der Waals surface area contributed by atoms with Gasteiger partial charge in [-0.3, -0.25) is 9.59 Å². The Morgan fingerprint density at radius 2 is 1.92 bits per heavy atom. The molecule has 2 aromatic rings. The van der Waals surface area contributed by atoms with Crippen LogP contribution in [0.3, 0.4) is 0 Å². The Morgan fingerprint density at radius 3 is 2.67 bits per heavy atom. The van der Waals surface area contributed by atoms with Gasteiger partial charge in [-0.2, -0.15) is 0 Å². The van der Waals surface area contributed by atoms with Gasteiger partial charge < -0.3 is 24.8 Å². The third-order valence-electron chi connectivity index (χ3n) is 3.52. The van der Waals surface area contributed by atoms with E-state index in [1.807, 2.05) is 0 Å². The van der Waals surface area contributed by atoms with E-state index < -0.39 is 0 Å². The molecule has 0 saturated carbocycles. The number of hydrogen-bond acceptors (Lipinski definition) is 5. The standard InChI is InChI=1S/C17H16N2O5/c1-22-13-6-3-10(7-15(13)23-2)17(21)18-11-4-5-12-14(8-11)24-9-16(20)19-12/h3-8H,9H2,1-2H3,(H,18,21)(H,19,20). The lowest BCUT2D eigenvalue weighted by Crippen LogP contribution is -2.25. The molecule has 0 bridgehead atoms. The molecule has 7 heteroatoms. The lowest BCUT2D eigenvalue weighted by molar-refractivity contribution is -0.118. The molecule has 24 heavy (non-hydrogen) atoms. The zero-order valence-electron chi connectivity index (χ0n) is 13.2. The molecule has 0 fully saturated rings. The first-order valence-electron chi connectivity index (χ1n) is 7.21. The van der Waals surface area contributed by atoms with Gasteiger partial charge in [0.2, 0.25) is 0 Å². The van der Waals surface area contributed by atoms with Gasteiger partial charge in [-0.25, -0.2) is 0 Å². The summed E-state index contributed by atoms with van der Waals surface area (Å²) in [5.41, 5.74) is 1.57. The SMILES string of the molecule is COc1ccc(C(=O)Nc2ccc3c(c2)OCC(=O)N3)cc1OC. The van der Waals surface area contributed by atoms with Gasteiger partial charge >= 0.3 is 0 Å². The van der Waals surface area contributed by atoms with Crippen LogP contribution in [0.5, 0.6) is 17.2 Å². The maximum Gasteiger partial charge on any atom is 0.262 e. The number of benzene rings is 2. The zero-order valence-corrected chi connectivity index (χ0v) is 13.2. The van der Waals surface area contributed by atoms with E-state index in [1.165, 1.54) is 14.2 Å². The summed E-state index contributed by atoms with van der Waals surface area (Å²) in [5, 5.41) is 5.47. The molecular weight excluding hydrogens is 312 g/mol. The van der Waals surface area contributed by atoms with Crippen LogP contribution in [0.2, 0.25) is 0 Å². The topological polar surface area (TPSA) is 85.9 Å². The fourth-order valence-electron chi connectivity index (χ4n) is 2.33. The van der Waals surface area contributed by atoms with Gasteiger partial charge in [-0.15, -0.1) is 0 Å². The predicted molar refractivity (Wildman–Crippen MR) is 88.1 cm³/mol. The van der Waals surface area contributed by atoms with Crippen LogP contribution in [0.1, 0.15) is 10.4 Å². The summed E-state index contributed by atoms with van der Waals surface area (Å²) in [6, 6.07) is 9.94. The van der Waals surface area contributed by atoms with Gasteiger partial charge in [-0.1, -0.05) is 0 Å². The van der Waals surface area contributed by atoms with E-state index in [4.69, 9.17) is 14.2 Å². The number of amides is 2. The second kappa shape index (κ2) is 6.49. The second-order valence-electron chi connectivity index (χ2n) is 5.07. The molecule has 3 rings (SSSR count). The summed E-state index contributed by atoms with van der Waals surface area (Å²) >= 11 is 0. The Bertz CT molecular complexity index is 804. The van der Waals surface area contributed by atoms with Crippen LogP contribution in [-0.2, 0) is 4.79 Å². The van der Waals surface area contributed by atoms with E-state index in [1.54, 1.807) is 36.4 Å². The summed E-state index contributed by atoms with van der Waals surface area (Å²) in [6.45, 7) is -0.0416. The van der Waals surface area contributed by atoms with Crippen LogP contribution in [0.15, 0.2) is 36.4 Å². The minimum atomic E-state index is -0.296. The highest BCUT2D eigenvalue weighted by Crippen LogP contribution is 2.31. The Morgan fingerprint density at radius 1 is 1.12 bits per heavy atom. The molecule has 0 aliphatic carbocycles. The van der Waals surface area contributed by atoms with Crippen molar-refractivity contribution in [3.05, 3.63) is 42.0 Å². The van der Waals surface area contributed by atoms with Crippen LogP contribution < -0.4 is 24.8 Å². The highest BCUT2D eigenvalue weighted by molar-refractivity contribution is 6.05. The first-order valence-corrected chi connectivity index (χ1v) is 7.21. The third kappa shape index (κ3) is 3.10. The average molecular weight is 328 g/mol. The molecule has 0 aromatic heterocycles. The van der Waals surface area contributed by atoms with E-state index >= 15 is 0 Å². The van der Waals surface area contributed by atoms with Crippen molar-refractivity contribution >= 4 is 23.2 Å². The van der Waals surface area contributed by atoms with E-state index in [0.29, 0.717) is 34.2 Å². The summed E-state index contributed by atoms with van der Waals surface area (Å²) in [5.74, 6) is 1.04. The number of nitrogens with one attached hydrogen (secondary N) is 2. The number of fused-ring (bicyclic) bond motifs is 1. The summed E-state index contributed by atoms with van der Waals surface area (Å²) in [6.07, 6.45) is 0. The molecular formula is C17H16N2O5. The predicted octanol–water partition coefficient (Wildman–Crippen LogP) is 2.29. The Balaban J connectivity index is 1.79. The fourth-order valence-corrected chi connectivity index (χ4v) is 2.33. The number of rotatable bonds is 4. The lowest BCUT2D eigenvalue weighted by Gasteiger charge is -2.18. The molecule has 1 aliphatic rings. The quantitative estimate of drug-likeness (QED) is 0.899. The van der Waals surface area contributed by atoms with Gasteiger partial charge in [0.05, 0.1) is 19.9 Å². The molecule has 124 valence electrons. The monoisotopic (exact) mass is 328 g/mol. The van der Waals surface area contributed by atoms with Gasteiger partial charge in [0.1, 0.15) is 5.75 Å². The molecule has 0 spiro atoms. The van der Waals surface area contributed by atoms with Crippen molar-refractivity contribution in [3.8, 4) is 17.2 Å². The normalized spacial score (nSPS) is 12.5. The Hall–Kier alpha value is -3.22. The smallest absolute Gasteiger partial charge is 0.262 e. The largest absolute Gasteiger partial charge is 0.493 e. The van der Waals surface area contributed by atoms with Crippen LogP contribution in [0, 0.1) is 0 Å². The van der Waals surface area contributed by atoms with Crippen LogP contribution in [0.25, 0.3) is 0 Å². The number of methoxy groups -OCH3 is 2. The molecule has 1 aliphatic heterocycles. The highest BCUT2D eigenvalue weighted by Gasteiger charge is 2.17. The molecule has 2 amide bonds. The van der Waals surface area contributed by atoms with Gasteiger partial charge in [0, 0.05) is 17.3 Å². The van der Waals surface area contributed by atoms with Crippen molar-refractivity contribution in [2.24, 2.45) is 0 Å². The molecule has 0 atom stereocenters. The first kappa shape index (κ1) is 15.7. The van der Waals surface area contributed by atoms with Gasteiger partial charge in [0.15, 0.2) is 18.1 Å².